The zero-order chi connectivity index (χ0) is 13.7. The second-order valence-electron chi connectivity index (χ2n) is 6.26. The van der Waals surface area contributed by atoms with Crippen LogP contribution < -0.4 is 11.1 Å². The molecule has 2 saturated carbocycles. The molecular formula is C16H19N3O. The lowest BCUT2D eigenvalue weighted by atomic mass is 9.95. The van der Waals surface area contributed by atoms with Crippen molar-refractivity contribution in [3.8, 4) is 0 Å². The van der Waals surface area contributed by atoms with E-state index in [1.54, 1.807) is 6.20 Å². The molecule has 104 valence electrons. The molecule has 4 nitrogen and oxygen atoms in total. The number of fused-ring (bicyclic) bond motifs is 3. The topological polar surface area (TPSA) is 70.9 Å². The number of hydrogen-bond donors (Lipinski definition) is 3. The number of rotatable bonds is 2. The molecular weight excluding hydrogens is 250 g/mol. The number of anilines is 1. The Morgan fingerprint density at radius 1 is 1.30 bits per heavy atom. The molecule has 2 aliphatic carbocycles. The molecule has 1 aromatic carbocycles. The molecule has 4 N–H and O–H groups in total. The predicted octanol–water partition coefficient (Wildman–Crippen LogP) is 2.67. The molecule has 0 saturated heterocycles. The van der Waals surface area contributed by atoms with Gasteiger partial charge in [-0.15, -0.1) is 0 Å². The minimum absolute atomic E-state index is 0.0403. The summed E-state index contributed by atoms with van der Waals surface area (Å²) >= 11 is 0. The quantitative estimate of drug-likeness (QED) is 0.733. The molecule has 2 aromatic rings. The minimum Gasteiger partial charge on any atom is -0.399 e. The van der Waals surface area contributed by atoms with Crippen LogP contribution >= 0.6 is 0 Å². The summed E-state index contributed by atoms with van der Waals surface area (Å²) < 4.78 is 0. The third-order valence-electron chi connectivity index (χ3n) is 5.01. The van der Waals surface area contributed by atoms with Gasteiger partial charge in [-0.3, -0.25) is 4.79 Å². The summed E-state index contributed by atoms with van der Waals surface area (Å²) in [4.78, 5) is 15.6. The highest BCUT2D eigenvalue weighted by Gasteiger charge is 2.40. The second kappa shape index (κ2) is 4.27. The maximum atomic E-state index is 12.5. The van der Waals surface area contributed by atoms with Gasteiger partial charge in [0.05, 0.1) is 5.56 Å². The summed E-state index contributed by atoms with van der Waals surface area (Å²) in [5, 5.41) is 4.17. The van der Waals surface area contributed by atoms with Crippen LogP contribution in [0.15, 0.2) is 24.4 Å². The van der Waals surface area contributed by atoms with Crippen molar-refractivity contribution in [2.45, 2.75) is 31.7 Å². The predicted molar refractivity (Wildman–Crippen MR) is 79.4 cm³/mol. The maximum Gasteiger partial charge on any atom is 0.253 e. The van der Waals surface area contributed by atoms with Gasteiger partial charge in [0.25, 0.3) is 5.91 Å². The van der Waals surface area contributed by atoms with Crippen molar-refractivity contribution in [1.82, 2.24) is 10.3 Å². The van der Waals surface area contributed by atoms with Gasteiger partial charge >= 0.3 is 0 Å². The van der Waals surface area contributed by atoms with E-state index < -0.39 is 0 Å². The van der Waals surface area contributed by atoms with E-state index in [0.717, 1.165) is 28.8 Å². The van der Waals surface area contributed by atoms with Crippen LogP contribution in [0.25, 0.3) is 10.9 Å². The summed E-state index contributed by atoms with van der Waals surface area (Å²) in [6.07, 6.45) is 6.87. The Bertz CT molecular complexity index is 675. The molecule has 2 bridgehead atoms. The van der Waals surface area contributed by atoms with Crippen molar-refractivity contribution in [1.29, 1.82) is 0 Å². The number of nitrogens with two attached hydrogens (primary N) is 1. The van der Waals surface area contributed by atoms with E-state index in [2.05, 4.69) is 10.3 Å². The Morgan fingerprint density at radius 2 is 2.20 bits per heavy atom. The molecule has 3 atom stereocenters. The highest BCUT2D eigenvalue weighted by molar-refractivity contribution is 6.07. The summed E-state index contributed by atoms with van der Waals surface area (Å²) in [5.41, 5.74) is 8.11. The first-order valence-electron chi connectivity index (χ1n) is 7.38. The summed E-state index contributed by atoms with van der Waals surface area (Å²) in [7, 11) is 0. The number of hydrogen-bond acceptors (Lipinski definition) is 2. The number of nitrogen functional groups attached to an aromatic ring is 1. The number of aromatic amines is 1. The average Bonchev–Trinajstić information content (AvgIpc) is 3.11. The van der Waals surface area contributed by atoms with Gasteiger partial charge in [-0.1, -0.05) is 6.42 Å². The Labute approximate surface area is 117 Å². The fourth-order valence-corrected chi connectivity index (χ4v) is 4.00. The van der Waals surface area contributed by atoms with Crippen LogP contribution in [0, 0.1) is 11.8 Å². The van der Waals surface area contributed by atoms with E-state index in [0.29, 0.717) is 17.6 Å². The molecule has 1 aromatic heterocycles. The number of aromatic nitrogens is 1. The molecule has 1 amide bonds. The van der Waals surface area contributed by atoms with E-state index in [9.17, 15) is 4.79 Å². The molecule has 4 heteroatoms. The molecule has 4 rings (SSSR count). The van der Waals surface area contributed by atoms with Gasteiger partial charge in [-0.05, 0) is 49.3 Å². The van der Waals surface area contributed by atoms with Crippen LogP contribution in [0.4, 0.5) is 5.69 Å². The highest BCUT2D eigenvalue weighted by atomic mass is 16.1. The van der Waals surface area contributed by atoms with Gasteiger partial charge < -0.3 is 16.0 Å². The smallest absolute Gasteiger partial charge is 0.253 e. The van der Waals surface area contributed by atoms with Crippen LogP contribution in [0.1, 0.15) is 36.0 Å². The zero-order valence-corrected chi connectivity index (χ0v) is 11.4. The van der Waals surface area contributed by atoms with E-state index in [1.165, 1.54) is 19.3 Å². The van der Waals surface area contributed by atoms with E-state index in [4.69, 9.17) is 5.73 Å². The average molecular weight is 269 g/mol. The maximum absolute atomic E-state index is 12.5. The molecule has 0 spiro atoms. The van der Waals surface area contributed by atoms with Crippen LogP contribution in [0.3, 0.4) is 0 Å². The van der Waals surface area contributed by atoms with Crippen molar-refractivity contribution in [2.24, 2.45) is 11.8 Å². The fraction of sp³-hybridized carbons (Fsp3) is 0.438. The lowest BCUT2D eigenvalue weighted by Crippen LogP contribution is -2.38. The summed E-state index contributed by atoms with van der Waals surface area (Å²) in [5.74, 6) is 1.58. The summed E-state index contributed by atoms with van der Waals surface area (Å²) in [6, 6.07) is 5.99. The van der Waals surface area contributed by atoms with Crippen LogP contribution in [-0.4, -0.2) is 16.9 Å². The van der Waals surface area contributed by atoms with Crippen LogP contribution in [0.2, 0.25) is 0 Å². The van der Waals surface area contributed by atoms with Gasteiger partial charge in [-0.2, -0.15) is 0 Å². The molecule has 2 aliphatic rings. The molecule has 0 aliphatic heterocycles. The minimum atomic E-state index is 0.0403. The first-order valence-corrected chi connectivity index (χ1v) is 7.38. The number of carbonyl (C=O) groups excluding carboxylic acids is 1. The number of amides is 1. The van der Waals surface area contributed by atoms with Crippen molar-refractivity contribution in [3.63, 3.8) is 0 Å². The first kappa shape index (κ1) is 11.8. The molecule has 2 fully saturated rings. The lowest BCUT2D eigenvalue weighted by molar-refractivity contribution is 0.0924. The molecule has 3 unspecified atom stereocenters. The fourth-order valence-electron chi connectivity index (χ4n) is 4.00. The molecule has 0 radical (unpaired) electrons. The lowest BCUT2D eigenvalue weighted by Gasteiger charge is -2.22. The third-order valence-corrected chi connectivity index (χ3v) is 5.01. The van der Waals surface area contributed by atoms with E-state index in [-0.39, 0.29) is 5.91 Å². The highest BCUT2D eigenvalue weighted by Crippen LogP contribution is 2.44. The Hall–Kier alpha value is -1.97. The van der Waals surface area contributed by atoms with E-state index in [1.807, 2.05) is 18.2 Å². The van der Waals surface area contributed by atoms with Crippen molar-refractivity contribution in [2.75, 3.05) is 5.73 Å². The first-order chi connectivity index (χ1) is 9.70. The summed E-state index contributed by atoms with van der Waals surface area (Å²) in [6.45, 7) is 0. The second-order valence-corrected chi connectivity index (χ2v) is 6.26. The van der Waals surface area contributed by atoms with Crippen molar-refractivity contribution in [3.05, 3.63) is 30.0 Å². The Morgan fingerprint density at radius 3 is 2.95 bits per heavy atom. The standard InChI is InChI=1S/C16H19N3O/c17-11-3-4-12-13(8-18-15(12)7-11)16(20)19-14-6-9-1-2-10(14)5-9/h3-4,7-10,14,18H,1-2,5-6,17H2,(H,19,20). The SMILES string of the molecule is Nc1ccc2c(C(=O)NC3CC4CCC3C4)c[nH]c2c1. The van der Waals surface area contributed by atoms with Gasteiger partial charge in [0.1, 0.15) is 0 Å². The van der Waals surface area contributed by atoms with Gasteiger partial charge in [-0.25, -0.2) is 0 Å². The van der Waals surface area contributed by atoms with Gasteiger partial charge in [0.2, 0.25) is 0 Å². The number of benzene rings is 1. The van der Waals surface area contributed by atoms with Gasteiger partial charge in [0, 0.05) is 28.8 Å². The van der Waals surface area contributed by atoms with Crippen LogP contribution in [-0.2, 0) is 0 Å². The third kappa shape index (κ3) is 1.79. The Balaban J connectivity index is 1.58. The van der Waals surface area contributed by atoms with E-state index >= 15 is 0 Å². The molecule has 1 heterocycles. The normalized spacial score (nSPS) is 28.1. The number of carbonyl (C=O) groups is 1. The monoisotopic (exact) mass is 269 g/mol. The van der Waals surface area contributed by atoms with Crippen molar-refractivity contribution >= 4 is 22.5 Å². The largest absolute Gasteiger partial charge is 0.399 e. The van der Waals surface area contributed by atoms with Crippen molar-refractivity contribution < 1.29 is 4.79 Å². The zero-order valence-electron chi connectivity index (χ0n) is 11.4. The van der Waals surface area contributed by atoms with Gasteiger partial charge in [0.15, 0.2) is 0 Å². The number of nitrogens with one attached hydrogen (secondary N) is 2. The Kier molecular flexibility index (Phi) is 2.52. The number of H-pyrrole nitrogens is 1. The molecule has 20 heavy (non-hydrogen) atoms. The van der Waals surface area contributed by atoms with Crippen LogP contribution in [0.5, 0.6) is 0 Å².